The molecule has 2 aromatic heterocycles. The fourth-order valence-electron chi connectivity index (χ4n) is 3.18. The molecular weight excluding hydrogens is 346 g/mol. The highest BCUT2D eigenvalue weighted by Gasteiger charge is 2.13. The second kappa shape index (κ2) is 8.01. The van der Waals surface area contributed by atoms with E-state index in [1.165, 1.54) is 5.56 Å². The van der Waals surface area contributed by atoms with Gasteiger partial charge in [0.1, 0.15) is 0 Å². The lowest BCUT2D eigenvalue weighted by Gasteiger charge is -2.11. The van der Waals surface area contributed by atoms with Crippen molar-refractivity contribution in [2.45, 2.75) is 13.3 Å². The second-order valence-electron chi connectivity index (χ2n) is 6.77. The average Bonchev–Trinajstić information content (AvgIpc) is 2.74. The molecule has 0 unspecified atom stereocenters. The summed E-state index contributed by atoms with van der Waals surface area (Å²) >= 11 is 0. The van der Waals surface area contributed by atoms with Crippen LogP contribution in [0.2, 0.25) is 0 Å². The molecule has 0 saturated heterocycles. The van der Waals surface area contributed by atoms with Crippen LogP contribution in [-0.4, -0.2) is 22.4 Å². The van der Waals surface area contributed by atoms with E-state index in [0.717, 1.165) is 27.9 Å². The number of rotatable bonds is 5. The Kier molecular flexibility index (Phi) is 5.11. The van der Waals surface area contributed by atoms with Crippen molar-refractivity contribution in [2.75, 3.05) is 6.54 Å². The Labute approximate surface area is 164 Å². The van der Waals surface area contributed by atoms with Gasteiger partial charge in [-0.3, -0.25) is 9.78 Å². The lowest BCUT2D eigenvalue weighted by Crippen LogP contribution is -2.26. The fourth-order valence-corrected chi connectivity index (χ4v) is 3.18. The molecule has 0 aliphatic carbocycles. The standard InChI is InChI=1S/C24H21N3O/c1-17-9-11-18(12-10-17)23-16-21(20-7-2-3-8-22(20)27-23)24(28)26-15-13-19-6-4-5-14-25-19/h2-12,14,16H,13,15H2,1H3,(H,26,28). The van der Waals surface area contributed by atoms with Crippen molar-refractivity contribution in [3.05, 3.63) is 95.8 Å². The van der Waals surface area contributed by atoms with E-state index < -0.39 is 0 Å². The predicted octanol–water partition coefficient (Wildman–Crippen LogP) is 4.58. The van der Waals surface area contributed by atoms with E-state index in [1.807, 2.05) is 60.7 Å². The number of benzene rings is 2. The summed E-state index contributed by atoms with van der Waals surface area (Å²) in [4.78, 5) is 22.0. The summed E-state index contributed by atoms with van der Waals surface area (Å²) in [6.45, 7) is 2.59. The van der Waals surface area contributed by atoms with Gasteiger partial charge in [0, 0.05) is 35.8 Å². The van der Waals surface area contributed by atoms with Gasteiger partial charge in [0.15, 0.2) is 0 Å². The van der Waals surface area contributed by atoms with E-state index in [0.29, 0.717) is 18.5 Å². The number of hydrogen-bond donors (Lipinski definition) is 1. The lowest BCUT2D eigenvalue weighted by atomic mass is 10.0. The molecule has 0 fully saturated rings. The Balaban J connectivity index is 1.63. The van der Waals surface area contributed by atoms with Crippen molar-refractivity contribution in [3.8, 4) is 11.3 Å². The first-order valence-electron chi connectivity index (χ1n) is 9.35. The fraction of sp³-hybridized carbons (Fsp3) is 0.125. The topological polar surface area (TPSA) is 54.9 Å². The average molecular weight is 367 g/mol. The number of fused-ring (bicyclic) bond motifs is 1. The Hall–Kier alpha value is -3.53. The maximum atomic E-state index is 12.9. The van der Waals surface area contributed by atoms with Gasteiger partial charge >= 0.3 is 0 Å². The van der Waals surface area contributed by atoms with Crippen LogP contribution in [0, 0.1) is 6.92 Å². The molecule has 4 heteroatoms. The predicted molar refractivity (Wildman–Crippen MR) is 112 cm³/mol. The summed E-state index contributed by atoms with van der Waals surface area (Å²) in [5.74, 6) is -0.0945. The van der Waals surface area contributed by atoms with E-state index in [2.05, 4.69) is 29.4 Å². The summed E-state index contributed by atoms with van der Waals surface area (Å²) < 4.78 is 0. The number of nitrogens with zero attached hydrogens (tertiary/aromatic N) is 2. The summed E-state index contributed by atoms with van der Waals surface area (Å²) in [5, 5.41) is 3.88. The van der Waals surface area contributed by atoms with Crippen LogP contribution >= 0.6 is 0 Å². The van der Waals surface area contributed by atoms with Gasteiger partial charge < -0.3 is 5.32 Å². The molecule has 1 N–H and O–H groups in total. The molecule has 0 bridgehead atoms. The molecule has 138 valence electrons. The van der Waals surface area contributed by atoms with Crippen LogP contribution in [0.5, 0.6) is 0 Å². The van der Waals surface area contributed by atoms with Gasteiger partial charge in [0.2, 0.25) is 0 Å². The largest absolute Gasteiger partial charge is 0.352 e. The second-order valence-corrected chi connectivity index (χ2v) is 6.77. The Morgan fingerprint density at radius 1 is 0.964 bits per heavy atom. The highest BCUT2D eigenvalue weighted by Crippen LogP contribution is 2.25. The number of nitrogens with one attached hydrogen (secondary N) is 1. The van der Waals surface area contributed by atoms with Gasteiger partial charge in [-0.25, -0.2) is 4.98 Å². The van der Waals surface area contributed by atoms with Crippen molar-refractivity contribution in [1.82, 2.24) is 15.3 Å². The number of aryl methyl sites for hydroxylation is 1. The zero-order valence-electron chi connectivity index (χ0n) is 15.7. The van der Waals surface area contributed by atoms with E-state index in [4.69, 9.17) is 4.98 Å². The zero-order chi connectivity index (χ0) is 19.3. The Bertz CT molecular complexity index is 1110. The molecule has 4 nitrogen and oxygen atoms in total. The molecule has 2 aromatic carbocycles. The Morgan fingerprint density at radius 2 is 1.75 bits per heavy atom. The zero-order valence-corrected chi connectivity index (χ0v) is 15.7. The van der Waals surface area contributed by atoms with Crippen LogP contribution in [0.3, 0.4) is 0 Å². The molecule has 2 heterocycles. The van der Waals surface area contributed by atoms with Crippen LogP contribution in [0.15, 0.2) is 79.0 Å². The van der Waals surface area contributed by atoms with Crippen LogP contribution in [0.25, 0.3) is 22.2 Å². The van der Waals surface area contributed by atoms with E-state index >= 15 is 0 Å². The molecule has 4 aromatic rings. The number of pyridine rings is 2. The quantitative estimate of drug-likeness (QED) is 0.562. The first kappa shape index (κ1) is 17.9. The molecule has 0 aliphatic heterocycles. The number of carbonyl (C=O) groups is 1. The van der Waals surface area contributed by atoms with Crippen molar-refractivity contribution in [2.24, 2.45) is 0 Å². The highest BCUT2D eigenvalue weighted by molar-refractivity contribution is 6.07. The van der Waals surface area contributed by atoms with Gasteiger partial charge in [-0.1, -0.05) is 54.1 Å². The minimum Gasteiger partial charge on any atom is -0.352 e. The third-order valence-electron chi connectivity index (χ3n) is 4.70. The van der Waals surface area contributed by atoms with Crippen molar-refractivity contribution < 1.29 is 4.79 Å². The number of carbonyl (C=O) groups excluding carboxylic acids is 1. The smallest absolute Gasteiger partial charge is 0.252 e. The van der Waals surface area contributed by atoms with E-state index in [1.54, 1.807) is 6.20 Å². The highest BCUT2D eigenvalue weighted by atomic mass is 16.1. The minimum absolute atomic E-state index is 0.0945. The summed E-state index contributed by atoms with van der Waals surface area (Å²) in [6, 6.07) is 23.6. The van der Waals surface area contributed by atoms with Crippen molar-refractivity contribution in [3.63, 3.8) is 0 Å². The molecule has 0 radical (unpaired) electrons. The minimum atomic E-state index is -0.0945. The maximum absolute atomic E-state index is 12.9. The van der Waals surface area contributed by atoms with Gasteiger partial charge in [-0.15, -0.1) is 0 Å². The first-order valence-corrected chi connectivity index (χ1v) is 9.35. The third-order valence-corrected chi connectivity index (χ3v) is 4.70. The summed E-state index contributed by atoms with van der Waals surface area (Å²) in [7, 11) is 0. The molecular formula is C24H21N3O. The van der Waals surface area contributed by atoms with E-state index in [-0.39, 0.29) is 5.91 Å². The SMILES string of the molecule is Cc1ccc(-c2cc(C(=O)NCCc3ccccn3)c3ccccc3n2)cc1. The van der Waals surface area contributed by atoms with Crippen LogP contribution in [0.4, 0.5) is 0 Å². The van der Waals surface area contributed by atoms with Crippen LogP contribution in [-0.2, 0) is 6.42 Å². The van der Waals surface area contributed by atoms with Gasteiger partial charge in [0.25, 0.3) is 5.91 Å². The molecule has 0 aliphatic rings. The summed E-state index contributed by atoms with van der Waals surface area (Å²) in [6.07, 6.45) is 2.46. The monoisotopic (exact) mass is 367 g/mol. The maximum Gasteiger partial charge on any atom is 0.252 e. The molecule has 0 saturated carbocycles. The summed E-state index contributed by atoms with van der Waals surface area (Å²) in [5.41, 5.74) is 5.41. The first-order chi connectivity index (χ1) is 13.7. The number of para-hydroxylation sites is 1. The van der Waals surface area contributed by atoms with Crippen LogP contribution in [0.1, 0.15) is 21.6 Å². The van der Waals surface area contributed by atoms with Crippen molar-refractivity contribution >= 4 is 16.8 Å². The normalized spacial score (nSPS) is 10.8. The third kappa shape index (κ3) is 3.91. The van der Waals surface area contributed by atoms with E-state index in [9.17, 15) is 4.79 Å². The molecule has 0 spiro atoms. The Morgan fingerprint density at radius 3 is 2.54 bits per heavy atom. The molecule has 0 atom stereocenters. The van der Waals surface area contributed by atoms with Gasteiger partial charge in [0.05, 0.1) is 16.8 Å². The lowest BCUT2D eigenvalue weighted by molar-refractivity contribution is 0.0955. The number of aromatic nitrogens is 2. The molecule has 1 amide bonds. The number of amides is 1. The van der Waals surface area contributed by atoms with Crippen LogP contribution < -0.4 is 5.32 Å². The van der Waals surface area contributed by atoms with Gasteiger partial charge in [-0.05, 0) is 31.2 Å². The van der Waals surface area contributed by atoms with Gasteiger partial charge in [-0.2, -0.15) is 0 Å². The molecule has 4 rings (SSSR count). The molecule has 28 heavy (non-hydrogen) atoms. The van der Waals surface area contributed by atoms with Crippen molar-refractivity contribution in [1.29, 1.82) is 0 Å². The number of hydrogen-bond acceptors (Lipinski definition) is 3.